The van der Waals surface area contributed by atoms with Gasteiger partial charge in [-0.1, -0.05) is 0 Å². The Hall–Kier alpha value is -0.450. The van der Waals surface area contributed by atoms with E-state index in [1.807, 2.05) is 13.8 Å². The van der Waals surface area contributed by atoms with Gasteiger partial charge in [-0.25, -0.2) is 0 Å². The van der Waals surface area contributed by atoms with Crippen LogP contribution in [0, 0.1) is 5.92 Å². The lowest BCUT2D eigenvalue weighted by molar-refractivity contribution is -0.121. The maximum Gasteiger partial charge on any atom is 0.149 e. The normalized spacial score (nSPS) is 23.9. The number of aliphatic hydroxyl groups is 1. The molecule has 4 heteroatoms. The molecule has 1 saturated carbocycles. The largest absolute Gasteiger partial charge is 0.389 e. The van der Waals surface area contributed by atoms with Crippen LogP contribution in [-0.4, -0.2) is 65.6 Å². The third-order valence-electron chi connectivity index (χ3n) is 3.49. The van der Waals surface area contributed by atoms with E-state index < -0.39 is 5.60 Å². The van der Waals surface area contributed by atoms with E-state index >= 15 is 0 Å². The first kappa shape index (κ1) is 13.0. The lowest BCUT2D eigenvalue weighted by Crippen LogP contribution is -2.51. The summed E-state index contributed by atoms with van der Waals surface area (Å²) < 4.78 is 0. The molecule has 1 aliphatic heterocycles. The molecule has 2 fully saturated rings. The fourth-order valence-electron chi connectivity index (χ4n) is 2.41. The van der Waals surface area contributed by atoms with Gasteiger partial charge in [0, 0.05) is 38.6 Å². The number of β-amino-alcohol motifs (C(OH)–C–C–N with tert-alkyl or cyclic N) is 1. The number of rotatable bonds is 5. The van der Waals surface area contributed by atoms with Gasteiger partial charge < -0.3 is 5.11 Å². The first-order valence-corrected chi connectivity index (χ1v) is 6.64. The molecule has 98 valence electrons. The Labute approximate surface area is 104 Å². The van der Waals surface area contributed by atoms with Crippen molar-refractivity contribution in [2.24, 2.45) is 5.92 Å². The molecule has 0 aromatic rings. The molecule has 0 atom stereocenters. The van der Waals surface area contributed by atoms with Crippen LogP contribution in [0.3, 0.4) is 0 Å². The van der Waals surface area contributed by atoms with Gasteiger partial charge in [-0.05, 0) is 26.7 Å². The average molecular weight is 240 g/mol. The lowest BCUT2D eigenvalue weighted by Gasteiger charge is -2.37. The molecule has 2 aliphatic rings. The van der Waals surface area contributed by atoms with Crippen molar-refractivity contribution in [3.05, 3.63) is 0 Å². The minimum absolute atomic E-state index is 0.379. The van der Waals surface area contributed by atoms with Crippen LogP contribution in [0.15, 0.2) is 0 Å². The minimum atomic E-state index is -0.619. The molecule has 1 saturated heterocycles. The number of carbonyl (C=O) groups is 1. The van der Waals surface area contributed by atoms with E-state index in [9.17, 15) is 9.90 Å². The summed E-state index contributed by atoms with van der Waals surface area (Å²) in [5.41, 5.74) is -0.619. The van der Waals surface area contributed by atoms with Crippen LogP contribution in [0.2, 0.25) is 0 Å². The highest BCUT2D eigenvalue weighted by molar-refractivity contribution is 5.84. The second kappa shape index (κ2) is 5.04. The van der Waals surface area contributed by atoms with Crippen molar-refractivity contribution < 1.29 is 9.90 Å². The molecule has 0 amide bonds. The number of ketones is 1. The second-order valence-corrected chi connectivity index (χ2v) is 6.11. The van der Waals surface area contributed by atoms with Crippen molar-refractivity contribution in [3.63, 3.8) is 0 Å². The predicted molar refractivity (Wildman–Crippen MR) is 66.9 cm³/mol. The summed E-state index contributed by atoms with van der Waals surface area (Å²) in [4.78, 5) is 16.2. The van der Waals surface area contributed by atoms with Crippen molar-refractivity contribution in [2.75, 3.05) is 39.3 Å². The number of carbonyl (C=O) groups excluding carboxylic acids is 1. The van der Waals surface area contributed by atoms with Crippen molar-refractivity contribution >= 4 is 5.78 Å². The summed E-state index contributed by atoms with van der Waals surface area (Å²) in [5, 5.41) is 9.75. The van der Waals surface area contributed by atoms with Gasteiger partial charge in [-0.15, -0.1) is 0 Å². The van der Waals surface area contributed by atoms with Gasteiger partial charge in [0.1, 0.15) is 5.78 Å². The van der Waals surface area contributed by atoms with Gasteiger partial charge in [0.25, 0.3) is 0 Å². The Kier molecular flexibility index (Phi) is 3.85. The zero-order chi connectivity index (χ0) is 12.5. The van der Waals surface area contributed by atoms with Crippen LogP contribution >= 0.6 is 0 Å². The molecule has 4 nitrogen and oxygen atoms in total. The van der Waals surface area contributed by atoms with Crippen LogP contribution < -0.4 is 0 Å². The molecule has 0 spiro atoms. The average Bonchev–Trinajstić information content (AvgIpc) is 3.02. The van der Waals surface area contributed by atoms with Crippen LogP contribution in [0.5, 0.6) is 0 Å². The first-order chi connectivity index (χ1) is 7.94. The summed E-state index contributed by atoms with van der Waals surface area (Å²) in [6.07, 6.45) is 2.22. The fraction of sp³-hybridized carbons (Fsp3) is 0.923. The molecular formula is C13H24N2O2. The third-order valence-corrected chi connectivity index (χ3v) is 3.49. The number of hydrogen-bond acceptors (Lipinski definition) is 4. The van der Waals surface area contributed by atoms with E-state index in [1.165, 1.54) is 0 Å². The van der Waals surface area contributed by atoms with E-state index in [-0.39, 0.29) is 0 Å². The van der Waals surface area contributed by atoms with Crippen LogP contribution in [0.25, 0.3) is 0 Å². The van der Waals surface area contributed by atoms with E-state index in [4.69, 9.17) is 0 Å². The van der Waals surface area contributed by atoms with Gasteiger partial charge in [0.05, 0.1) is 12.1 Å². The molecule has 17 heavy (non-hydrogen) atoms. The number of nitrogens with zero attached hydrogens (tertiary/aromatic N) is 2. The van der Waals surface area contributed by atoms with Crippen LogP contribution in [0.4, 0.5) is 0 Å². The fourth-order valence-corrected chi connectivity index (χ4v) is 2.41. The Morgan fingerprint density at radius 3 is 2.18 bits per heavy atom. The van der Waals surface area contributed by atoms with Gasteiger partial charge in [0.15, 0.2) is 0 Å². The van der Waals surface area contributed by atoms with E-state index in [0.717, 1.165) is 45.6 Å². The molecule has 0 radical (unpaired) electrons. The van der Waals surface area contributed by atoms with Crippen LogP contribution in [-0.2, 0) is 4.79 Å². The topological polar surface area (TPSA) is 43.8 Å². The SMILES string of the molecule is CC(C)(O)CN1CCN(CC(=O)C2CC2)CC1. The highest BCUT2D eigenvalue weighted by Gasteiger charge is 2.31. The summed E-state index contributed by atoms with van der Waals surface area (Å²) >= 11 is 0. The smallest absolute Gasteiger partial charge is 0.149 e. The zero-order valence-electron chi connectivity index (χ0n) is 11.0. The molecule has 1 heterocycles. The molecular weight excluding hydrogens is 216 g/mol. The Morgan fingerprint density at radius 1 is 1.18 bits per heavy atom. The summed E-state index contributed by atoms with van der Waals surface area (Å²) in [5.74, 6) is 0.811. The molecule has 0 aromatic carbocycles. The van der Waals surface area contributed by atoms with Crippen molar-refractivity contribution in [1.29, 1.82) is 0 Å². The van der Waals surface area contributed by atoms with E-state index in [1.54, 1.807) is 0 Å². The van der Waals surface area contributed by atoms with Crippen molar-refractivity contribution in [1.82, 2.24) is 9.80 Å². The number of Topliss-reactive ketones (excluding diaryl/α,β-unsaturated/α-hetero) is 1. The maximum atomic E-state index is 11.7. The van der Waals surface area contributed by atoms with Crippen molar-refractivity contribution in [3.8, 4) is 0 Å². The predicted octanol–water partition coefficient (Wildman–Crippen LogP) is 0.354. The first-order valence-electron chi connectivity index (χ1n) is 6.64. The molecule has 0 unspecified atom stereocenters. The Morgan fingerprint density at radius 2 is 1.71 bits per heavy atom. The zero-order valence-corrected chi connectivity index (χ0v) is 11.0. The molecule has 0 bridgehead atoms. The number of hydrogen-bond donors (Lipinski definition) is 1. The van der Waals surface area contributed by atoms with Crippen molar-refractivity contribution in [2.45, 2.75) is 32.3 Å². The third kappa shape index (κ3) is 4.37. The quantitative estimate of drug-likeness (QED) is 0.753. The molecule has 0 aromatic heterocycles. The van der Waals surface area contributed by atoms with Gasteiger partial charge >= 0.3 is 0 Å². The second-order valence-electron chi connectivity index (χ2n) is 6.11. The number of piperazine rings is 1. The molecule has 1 aliphatic carbocycles. The van der Waals surface area contributed by atoms with E-state index in [2.05, 4.69) is 9.80 Å². The summed E-state index contributed by atoms with van der Waals surface area (Å²) in [7, 11) is 0. The summed E-state index contributed by atoms with van der Waals surface area (Å²) in [6.45, 7) is 8.87. The van der Waals surface area contributed by atoms with Gasteiger partial charge in [-0.3, -0.25) is 14.6 Å². The van der Waals surface area contributed by atoms with E-state index in [0.29, 0.717) is 18.2 Å². The standard InChI is InChI=1S/C13H24N2O2/c1-13(2,17)10-15-7-5-14(6-8-15)9-12(16)11-3-4-11/h11,17H,3-10H2,1-2H3. The minimum Gasteiger partial charge on any atom is -0.389 e. The Balaban J connectivity index is 1.68. The molecule has 1 N–H and O–H groups in total. The summed E-state index contributed by atoms with van der Waals surface area (Å²) in [6, 6.07) is 0. The highest BCUT2D eigenvalue weighted by atomic mass is 16.3. The van der Waals surface area contributed by atoms with Gasteiger partial charge in [0.2, 0.25) is 0 Å². The molecule has 2 rings (SSSR count). The van der Waals surface area contributed by atoms with Gasteiger partial charge in [-0.2, -0.15) is 0 Å². The van der Waals surface area contributed by atoms with Crippen LogP contribution in [0.1, 0.15) is 26.7 Å². The highest BCUT2D eigenvalue weighted by Crippen LogP contribution is 2.30. The Bertz CT molecular complexity index is 274. The maximum absolute atomic E-state index is 11.7. The monoisotopic (exact) mass is 240 g/mol. The lowest BCUT2D eigenvalue weighted by atomic mass is 10.1.